The van der Waals surface area contributed by atoms with Crippen molar-refractivity contribution < 1.29 is 13.2 Å². The standard InChI is InChI=1S/C11H19N5O3S2/c1-8(17)13-10-14-15-11(20-10)21(18,19)16(2)7-9-4-3-5-12-6-9/h9,12H,3-7H2,1-2H3,(H,13,14,17). The molecule has 1 aromatic heterocycles. The Morgan fingerprint density at radius 3 is 2.90 bits per heavy atom. The van der Waals surface area contributed by atoms with E-state index in [1.807, 2.05) is 0 Å². The number of sulfonamides is 1. The Bertz CT molecular complexity index is 595. The van der Waals surface area contributed by atoms with Gasteiger partial charge in [-0.15, -0.1) is 10.2 Å². The lowest BCUT2D eigenvalue weighted by Crippen LogP contribution is -2.39. The van der Waals surface area contributed by atoms with Crippen molar-refractivity contribution in [3.8, 4) is 0 Å². The smallest absolute Gasteiger partial charge is 0.272 e. The van der Waals surface area contributed by atoms with Crippen LogP contribution in [0.3, 0.4) is 0 Å². The second-order valence-corrected chi connectivity index (χ2v) is 8.25. The van der Waals surface area contributed by atoms with Gasteiger partial charge in [-0.2, -0.15) is 4.31 Å². The number of hydrogen-bond donors (Lipinski definition) is 2. The first-order valence-corrected chi connectivity index (χ1v) is 8.93. The molecule has 1 fully saturated rings. The predicted octanol–water partition coefficient (Wildman–Crippen LogP) is 0.117. The SMILES string of the molecule is CC(=O)Nc1nnc(S(=O)(=O)N(C)CC2CCCNC2)s1. The van der Waals surface area contributed by atoms with E-state index in [2.05, 4.69) is 20.8 Å². The fourth-order valence-corrected chi connectivity index (χ4v) is 4.57. The Hall–Kier alpha value is -1.10. The normalized spacial score (nSPS) is 19.7. The van der Waals surface area contributed by atoms with Crippen LogP contribution in [0.4, 0.5) is 5.13 Å². The van der Waals surface area contributed by atoms with Crippen LogP contribution in [-0.4, -0.2) is 55.5 Å². The average Bonchev–Trinajstić information content (AvgIpc) is 2.88. The van der Waals surface area contributed by atoms with Gasteiger partial charge in [-0.05, 0) is 31.8 Å². The van der Waals surface area contributed by atoms with E-state index in [1.54, 1.807) is 7.05 Å². The van der Waals surface area contributed by atoms with Gasteiger partial charge in [0.2, 0.25) is 15.4 Å². The maximum absolute atomic E-state index is 12.4. The van der Waals surface area contributed by atoms with Gasteiger partial charge in [0, 0.05) is 20.5 Å². The number of hydrogen-bond acceptors (Lipinski definition) is 7. The van der Waals surface area contributed by atoms with Crippen LogP contribution in [0.1, 0.15) is 19.8 Å². The molecule has 1 saturated heterocycles. The van der Waals surface area contributed by atoms with E-state index < -0.39 is 10.0 Å². The zero-order valence-corrected chi connectivity index (χ0v) is 13.6. The molecule has 0 saturated carbocycles. The van der Waals surface area contributed by atoms with Crippen LogP contribution in [0, 0.1) is 5.92 Å². The maximum atomic E-state index is 12.4. The Labute approximate surface area is 128 Å². The molecule has 1 aliphatic heterocycles. The topological polar surface area (TPSA) is 104 Å². The van der Waals surface area contributed by atoms with Crippen molar-refractivity contribution in [3.63, 3.8) is 0 Å². The summed E-state index contributed by atoms with van der Waals surface area (Å²) in [6, 6.07) is 0. The zero-order valence-electron chi connectivity index (χ0n) is 12.0. The lowest BCUT2D eigenvalue weighted by atomic mass is 10.00. The quantitative estimate of drug-likeness (QED) is 0.742. The number of piperidine rings is 1. The molecule has 1 atom stereocenters. The molecule has 1 aromatic rings. The van der Waals surface area contributed by atoms with E-state index in [4.69, 9.17) is 0 Å². The first-order chi connectivity index (χ1) is 9.89. The summed E-state index contributed by atoms with van der Waals surface area (Å²) in [5, 5.41) is 13.2. The molecule has 1 unspecified atom stereocenters. The first kappa shape index (κ1) is 16.3. The summed E-state index contributed by atoms with van der Waals surface area (Å²) >= 11 is 0.859. The van der Waals surface area contributed by atoms with Crippen LogP contribution in [0.15, 0.2) is 4.34 Å². The molecule has 2 heterocycles. The third-order valence-corrected chi connectivity index (χ3v) is 6.24. The highest BCUT2D eigenvalue weighted by molar-refractivity contribution is 7.91. The lowest BCUT2D eigenvalue weighted by molar-refractivity contribution is -0.114. The zero-order chi connectivity index (χ0) is 15.5. The van der Waals surface area contributed by atoms with E-state index in [0.717, 1.165) is 37.3 Å². The van der Waals surface area contributed by atoms with E-state index in [0.29, 0.717) is 12.5 Å². The summed E-state index contributed by atoms with van der Waals surface area (Å²) in [4.78, 5) is 10.9. The molecule has 21 heavy (non-hydrogen) atoms. The van der Waals surface area contributed by atoms with Crippen molar-refractivity contribution in [1.82, 2.24) is 19.8 Å². The van der Waals surface area contributed by atoms with Crippen molar-refractivity contribution in [1.29, 1.82) is 0 Å². The predicted molar refractivity (Wildman–Crippen MR) is 79.6 cm³/mol. The molecule has 0 aliphatic carbocycles. The molecule has 0 radical (unpaired) electrons. The largest absolute Gasteiger partial charge is 0.316 e. The first-order valence-electron chi connectivity index (χ1n) is 6.67. The molecule has 0 spiro atoms. The Kier molecular flexibility index (Phi) is 5.25. The fraction of sp³-hybridized carbons (Fsp3) is 0.727. The number of nitrogens with one attached hydrogen (secondary N) is 2. The van der Waals surface area contributed by atoms with Crippen molar-refractivity contribution in [2.45, 2.75) is 24.1 Å². The van der Waals surface area contributed by atoms with Crippen molar-refractivity contribution in [2.24, 2.45) is 5.92 Å². The van der Waals surface area contributed by atoms with Crippen molar-refractivity contribution in [3.05, 3.63) is 0 Å². The van der Waals surface area contributed by atoms with Gasteiger partial charge in [-0.25, -0.2) is 8.42 Å². The molecule has 0 aromatic carbocycles. The minimum atomic E-state index is -3.65. The summed E-state index contributed by atoms with van der Waals surface area (Å²) in [6.45, 7) is 3.60. The monoisotopic (exact) mass is 333 g/mol. The van der Waals surface area contributed by atoms with E-state index in [9.17, 15) is 13.2 Å². The van der Waals surface area contributed by atoms with Crippen LogP contribution in [0.25, 0.3) is 0 Å². The van der Waals surface area contributed by atoms with Gasteiger partial charge >= 0.3 is 0 Å². The number of rotatable bonds is 5. The molecule has 10 heteroatoms. The summed E-state index contributed by atoms with van der Waals surface area (Å²) < 4.78 is 26.0. The summed E-state index contributed by atoms with van der Waals surface area (Å²) in [5.74, 6) is -0.00186. The van der Waals surface area contributed by atoms with E-state index >= 15 is 0 Å². The highest BCUT2D eigenvalue weighted by atomic mass is 32.2. The molecule has 2 N–H and O–H groups in total. The maximum Gasteiger partial charge on any atom is 0.272 e. The minimum Gasteiger partial charge on any atom is -0.316 e. The van der Waals surface area contributed by atoms with Gasteiger partial charge in [0.15, 0.2) is 0 Å². The second kappa shape index (κ2) is 6.77. The van der Waals surface area contributed by atoms with Crippen LogP contribution < -0.4 is 10.6 Å². The third kappa shape index (κ3) is 4.19. The highest BCUT2D eigenvalue weighted by Gasteiger charge is 2.28. The van der Waals surface area contributed by atoms with Crippen LogP contribution in [-0.2, 0) is 14.8 Å². The van der Waals surface area contributed by atoms with Gasteiger partial charge in [0.25, 0.3) is 10.0 Å². The fourth-order valence-electron chi connectivity index (χ4n) is 2.19. The van der Waals surface area contributed by atoms with Gasteiger partial charge in [0.1, 0.15) is 0 Å². The van der Waals surface area contributed by atoms with Crippen LogP contribution in [0.5, 0.6) is 0 Å². The van der Waals surface area contributed by atoms with Gasteiger partial charge in [-0.1, -0.05) is 11.3 Å². The molecule has 1 amide bonds. The number of nitrogens with zero attached hydrogens (tertiary/aromatic N) is 3. The molecule has 118 valence electrons. The summed E-state index contributed by atoms with van der Waals surface area (Å²) in [5.41, 5.74) is 0. The molecule has 1 aliphatic rings. The average molecular weight is 333 g/mol. The molecular weight excluding hydrogens is 314 g/mol. The van der Waals surface area contributed by atoms with Crippen molar-refractivity contribution in [2.75, 3.05) is 32.0 Å². The van der Waals surface area contributed by atoms with E-state index in [1.165, 1.54) is 11.2 Å². The summed E-state index contributed by atoms with van der Waals surface area (Å²) in [6.07, 6.45) is 2.07. The van der Waals surface area contributed by atoms with Gasteiger partial charge in [-0.3, -0.25) is 4.79 Å². The molecular formula is C11H19N5O3S2. The number of carbonyl (C=O) groups is 1. The summed E-state index contributed by atoms with van der Waals surface area (Å²) in [7, 11) is -2.11. The highest BCUT2D eigenvalue weighted by Crippen LogP contribution is 2.23. The Morgan fingerprint density at radius 1 is 1.52 bits per heavy atom. The number of carbonyl (C=O) groups excluding carboxylic acids is 1. The van der Waals surface area contributed by atoms with Crippen LogP contribution >= 0.6 is 11.3 Å². The number of amides is 1. The third-order valence-electron chi connectivity index (χ3n) is 3.23. The molecule has 0 bridgehead atoms. The Balaban J connectivity index is 2.05. The van der Waals surface area contributed by atoms with Crippen molar-refractivity contribution >= 4 is 32.4 Å². The second-order valence-electron chi connectivity index (χ2n) is 5.05. The van der Waals surface area contributed by atoms with Crippen LogP contribution in [0.2, 0.25) is 0 Å². The lowest BCUT2D eigenvalue weighted by Gasteiger charge is -2.26. The molecule has 8 nitrogen and oxygen atoms in total. The van der Waals surface area contributed by atoms with Gasteiger partial charge in [0.05, 0.1) is 0 Å². The molecule has 2 rings (SSSR count). The minimum absolute atomic E-state index is 0.0995. The van der Waals surface area contributed by atoms with E-state index in [-0.39, 0.29) is 15.4 Å². The Morgan fingerprint density at radius 2 is 2.29 bits per heavy atom. The number of anilines is 1. The van der Waals surface area contributed by atoms with Gasteiger partial charge < -0.3 is 10.6 Å². The number of aromatic nitrogens is 2.